The van der Waals surface area contributed by atoms with Gasteiger partial charge >= 0.3 is 0 Å². The van der Waals surface area contributed by atoms with Gasteiger partial charge in [0.1, 0.15) is 5.82 Å². The summed E-state index contributed by atoms with van der Waals surface area (Å²) in [4.78, 5) is 21.6. The van der Waals surface area contributed by atoms with Crippen molar-refractivity contribution < 1.29 is 4.79 Å². The van der Waals surface area contributed by atoms with Crippen LogP contribution in [0.3, 0.4) is 0 Å². The zero-order valence-corrected chi connectivity index (χ0v) is 16.2. The normalized spacial score (nSPS) is 25.3. The highest BCUT2D eigenvalue weighted by molar-refractivity contribution is 5.77. The maximum atomic E-state index is 12.4. The van der Waals surface area contributed by atoms with Crippen LogP contribution in [0.15, 0.2) is 12.4 Å². The number of aromatic nitrogens is 2. The predicted octanol–water partition coefficient (Wildman–Crippen LogP) is 3.15. The molecule has 3 heterocycles. The van der Waals surface area contributed by atoms with Crippen LogP contribution in [-0.4, -0.2) is 51.4 Å². The molecular formula is C20H34N4O. The van der Waals surface area contributed by atoms with Gasteiger partial charge in [0.2, 0.25) is 5.91 Å². The number of aryl methyl sites for hydroxylation is 1. The van der Waals surface area contributed by atoms with Crippen LogP contribution in [0.4, 0.5) is 0 Å². The Hall–Kier alpha value is -1.36. The summed E-state index contributed by atoms with van der Waals surface area (Å²) in [5.41, 5.74) is 0.298. The first-order chi connectivity index (χ1) is 12.0. The molecule has 0 aromatic carbocycles. The number of rotatable bonds is 6. The second-order valence-electron chi connectivity index (χ2n) is 8.44. The van der Waals surface area contributed by atoms with Crippen LogP contribution in [0.25, 0.3) is 0 Å². The summed E-state index contributed by atoms with van der Waals surface area (Å²) in [6, 6.07) is 0. The average molecular weight is 347 g/mol. The SMILES string of the molecule is CCn1ccnc1CN1CCCC2(CCC(=O)N(CCC(C)C)C2)C1. The molecule has 0 radical (unpaired) electrons. The molecule has 2 fully saturated rings. The number of carbonyl (C=O) groups is 1. The first kappa shape index (κ1) is 18.4. The highest BCUT2D eigenvalue weighted by Crippen LogP contribution is 2.39. The van der Waals surface area contributed by atoms with E-state index in [4.69, 9.17) is 0 Å². The zero-order chi connectivity index (χ0) is 17.9. The summed E-state index contributed by atoms with van der Waals surface area (Å²) in [6.45, 7) is 12.7. The lowest BCUT2D eigenvalue weighted by molar-refractivity contribution is -0.139. The molecule has 25 heavy (non-hydrogen) atoms. The van der Waals surface area contributed by atoms with Gasteiger partial charge in [-0.1, -0.05) is 13.8 Å². The van der Waals surface area contributed by atoms with Gasteiger partial charge in [-0.25, -0.2) is 4.98 Å². The third-order valence-corrected chi connectivity index (χ3v) is 5.97. The van der Waals surface area contributed by atoms with E-state index < -0.39 is 0 Å². The van der Waals surface area contributed by atoms with Crippen molar-refractivity contribution in [1.82, 2.24) is 19.4 Å². The molecule has 0 N–H and O–H groups in total. The molecule has 2 aliphatic rings. The largest absolute Gasteiger partial charge is 0.342 e. The van der Waals surface area contributed by atoms with Crippen molar-refractivity contribution in [2.75, 3.05) is 26.2 Å². The number of likely N-dealkylation sites (tertiary alicyclic amines) is 2. The molecular weight excluding hydrogens is 312 g/mol. The molecule has 0 bridgehead atoms. The minimum Gasteiger partial charge on any atom is -0.342 e. The van der Waals surface area contributed by atoms with Crippen LogP contribution in [0.5, 0.6) is 0 Å². The van der Waals surface area contributed by atoms with Gasteiger partial charge < -0.3 is 9.47 Å². The van der Waals surface area contributed by atoms with E-state index in [0.717, 1.165) is 58.5 Å². The van der Waals surface area contributed by atoms with Crippen LogP contribution in [-0.2, 0) is 17.9 Å². The smallest absolute Gasteiger partial charge is 0.222 e. The van der Waals surface area contributed by atoms with Gasteiger partial charge in [-0.15, -0.1) is 0 Å². The van der Waals surface area contributed by atoms with E-state index in [2.05, 4.69) is 46.3 Å². The Morgan fingerprint density at radius 2 is 2.12 bits per heavy atom. The molecule has 1 atom stereocenters. The molecule has 5 heteroatoms. The van der Waals surface area contributed by atoms with Gasteiger partial charge in [0.25, 0.3) is 0 Å². The quantitative estimate of drug-likeness (QED) is 0.794. The van der Waals surface area contributed by atoms with Gasteiger partial charge in [-0.3, -0.25) is 9.69 Å². The summed E-state index contributed by atoms with van der Waals surface area (Å²) < 4.78 is 2.24. The van der Waals surface area contributed by atoms with Gasteiger partial charge in [-0.05, 0) is 45.1 Å². The van der Waals surface area contributed by atoms with E-state index in [1.54, 1.807) is 0 Å². The molecule has 1 amide bonds. The molecule has 3 rings (SSSR count). The van der Waals surface area contributed by atoms with E-state index in [9.17, 15) is 4.79 Å². The monoisotopic (exact) mass is 346 g/mol. The number of hydrogen-bond acceptors (Lipinski definition) is 3. The molecule has 1 aromatic rings. The van der Waals surface area contributed by atoms with E-state index in [1.807, 2.05) is 6.20 Å². The first-order valence-electron chi connectivity index (χ1n) is 10.0. The van der Waals surface area contributed by atoms with Crippen molar-refractivity contribution in [2.24, 2.45) is 11.3 Å². The highest BCUT2D eigenvalue weighted by Gasteiger charge is 2.41. The van der Waals surface area contributed by atoms with Gasteiger partial charge in [0, 0.05) is 50.4 Å². The molecule has 2 saturated heterocycles. The third-order valence-electron chi connectivity index (χ3n) is 5.97. The fourth-order valence-corrected chi connectivity index (χ4v) is 4.48. The summed E-state index contributed by atoms with van der Waals surface area (Å²) in [5.74, 6) is 2.19. The fourth-order valence-electron chi connectivity index (χ4n) is 4.48. The lowest BCUT2D eigenvalue weighted by atomic mass is 9.73. The Balaban J connectivity index is 1.63. The molecule has 0 aliphatic carbocycles. The van der Waals surface area contributed by atoms with Crippen molar-refractivity contribution in [2.45, 2.75) is 66.0 Å². The maximum absolute atomic E-state index is 12.4. The summed E-state index contributed by atoms with van der Waals surface area (Å²) in [6.07, 6.45) is 9.38. The first-order valence-corrected chi connectivity index (χ1v) is 10.0. The molecule has 140 valence electrons. The maximum Gasteiger partial charge on any atom is 0.222 e. The Kier molecular flexibility index (Phi) is 5.82. The van der Waals surface area contributed by atoms with Crippen LogP contribution in [0.2, 0.25) is 0 Å². The minimum atomic E-state index is 0.298. The third kappa shape index (κ3) is 4.43. The second kappa shape index (κ2) is 7.90. The minimum absolute atomic E-state index is 0.298. The molecule has 1 aromatic heterocycles. The Labute approximate surface area is 152 Å². The van der Waals surface area contributed by atoms with Gasteiger partial charge in [-0.2, -0.15) is 0 Å². The van der Waals surface area contributed by atoms with Crippen LogP contribution in [0.1, 0.15) is 58.7 Å². The van der Waals surface area contributed by atoms with E-state index in [-0.39, 0.29) is 0 Å². The molecule has 1 spiro atoms. The van der Waals surface area contributed by atoms with Gasteiger partial charge in [0.05, 0.1) is 6.54 Å². The zero-order valence-electron chi connectivity index (χ0n) is 16.2. The number of nitrogens with zero attached hydrogens (tertiary/aromatic N) is 4. The predicted molar refractivity (Wildman–Crippen MR) is 100 cm³/mol. The average Bonchev–Trinajstić information content (AvgIpc) is 3.03. The van der Waals surface area contributed by atoms with Crippen molar-refractivity contribution >= 4 is 5.91 Å². The number of hydrogen-bond donors (Lipinski definition) is 0. The lowest BCUT2D eigenvalue weighted by Gasteiger charge is -2.48. The second-order valence-corrected chi connectivity index (χ2v) is 8.44. The number of carbonyl (C=O) groups excluding carboxylic acids is 1. The number of amides is 1. The lowest BCUT2D eigenvalue weighted by Crippen LogP contribution is -2.54. The molecule has 0 saturated carbocycles. The Bertz CT molecular complexity index is 582. The summed E-state index contributed by atoms with van der Waals surface area (Å²) >= 11 is 0. The van der Waals surface area contributed by atoms with Crippen molar-refractivity contribution in [3.05, 3.63) is 18.2 Å². The van der Waals surface area contributed by atoms with Crippen molar-refractivity contribution in [3.63, 3.8) is 0 Å². The van der Waals surface area contributed by atoms with Crippen LogP contribution >= 0.6 is 0 Å². The van der Waals surface area contributed by atoms with E-state index >= 15 is 0 Å². The van der Waals surface area contributed by atoms with Crippen molar-refractivity contribution in [1.29, 1.82) is 0 Å². The molecule has 5 nitrogen and oxygen atoms in total. The van der Waals surface area contributed by atoms with Crippen LogP contribution < -0.4 is 0 Å². The molecule has 2 aliphatic heterocycles. The Morgan fingerprint density at radius 3 is 2.88 bits per heavy atom. The van der Waals surface area contributed by atoms with E-state index in [0.29, 0.717) is 17.2 Å². The fraction of sp³-hybridized carbons (Fsp3) is 0.800. The molecule has 1 unspecified atom stereocenters. The number of imidazole rings is 1. The van der Waals surface area contributed by atoms with Crippen LogP contribution in [0, 0.1) is 11.3 Å². The van der Waals surface area contributed by atoms with Crippen molar-refractivity contribution in [3.8, 4) is 0 Å². The van der Waals surface area contributed by atoms with E-state index in [1.165, 1.54) is 18.7 Å². The Morgan fingerprint density at radius 1 is 1.28 bits per heavy atom. The number of piperidine rings is 2. The topological polar surface area (TPSA) is 41.4 Å². The summed E-state index contributed by atoms with van der Waals surface area (Å²) in [7, 11) is 0. The highest BCUT2D eigenvalue weighted by atomic mass is 16.2. The standard InChI is InChI=1S/C20H34N4O/c1-4-23-13-10-21-18(23)14-22-11-5-8-20(15-22)9-6-19(25)24(16-20)12-7-17(2)3/h10,13,17H,4-9,11-12,14-16H2,1-3H3. The van der Waals surface area contributed by atoms with Gasteiger partial charge in [0.15, 0.2) is 0 Å². The summed E-state index contributed by atoms with van der Waals surface area (Å²) in [5, 5.41) is 0.